The van der Waals surface area contributed by atoms with Crippen LogP contribution in [0.2, 0.25) is 0 Å². The first kappa shape index (κ1) is 16.3. The third-order valence-electron chi connectivity index (χ3n) is 5.50. The molecule has 6 heteroatoms. The number of aryl methyl sites for hydroxylation is 1. The second-order valence-electron chi connectivity index (χ2n) is 7.10. The van der Waals surface area contributed by atoms with Crippen molar-refractivity contribution in [1.82, 2.24) is 19.9 Å². The van der Waals surface area contributed by atoms with Crippen LogP contribution in [0.3, 0.4) is 0 Å². The van der Waals surface area contributed by atoms with Crippen molar-refractivity contribution in [2.24, 2.45) is 5.92 Å². The third-order valence-corrected chi connectivity index (χ3v) is 5.50. The van der Waals surface area contributed by atoms with Gasteiger partial charge in [-0.15, -0.1) is 5.10 Å². The summed E-state index contributed by atoms with van der Waals surface area (Å²) < 4.78 is 7.38. The van der Waals surface area contributed by atoms with E-state index >= 15 is 0 Å². The van der Waals surface area contributed by atoms with Crippen LogP contribution in [0.4, 0.5) is 0 Å². The Labute approximate surface area is 147 Å². The second kappa shape index (κ2) is 6.59. The zero-order chi connectivity index (χ0) is 17.4. The minimum Gasteiger partial charge on any atom is -0.377 e. The molecule has 0 spiro atoms. The topological polar surface area (TPSA) is 60.2 Å². The molecule has 6 nitrogen and oxygen atoms in total. The van der Waals surface area contributed by atoms with Gasteiger partial charge in [0.1, 0.15) is 0 Å². The molecule has 0 radical (unpaired) electrons. The van der Waals surface area contributed by atoms with E-state index in [9.17, 15) is 4.79 Å². The molecule has 1 saturated carbocycles. The maximum Gasteiger partial charge on any atom is 0.276 e. The normalized spacial score (nSPS) is 21.2. The Hall–Kier alpha value is -2.21. The second-order valence-corrected chi connectivity index (χ2v) is 7.10. The zero-order valence-corrected chi connectivity index (χ0v) is 14.8. The summed E-state index contributed by atoms with van der Waals surface area (Å²) in [6.45, 7) is 5.83. The summed E-state index contributed by atoms with van der Waals surface area (Å²) in [4.78, 5) is 15.1. The van der Waals surface area contributed by atoms with Crippen LogP contribution >= 0.6 is 0 Å². The van der Waals surface area contributed by atoms with Gasteiger partial charge in [0, 0.05) is 6.54 Å². The lowest BCUT2D eigenvalue weighted by atomic mass is 9.79. The van der Waals surface area contributed by atoms with Crippen molar-refractivity contribution in [2.45, 2.75) is 39.2 Å². The molecule has 2 aliphatic rings. The Kier molecular flexibility index (Phi) is 4.29. The number of carbonyl (C=O) groups excluding carboxylic acids is 1. The standard InChI is InChI=1S/C19H24N4O2/c1-13-6-8-16(9-7-13)23-14(2)18(20-21-23)19(24)22-10-11-25-12-17(22)15-4-3-5-15/h6-9,15,17H,3-5,10-12H2,1-2H3. The first-order chi connectivity index (χ1) is 12.1. The average Bonchev–Trinajstić information content (AvgIpc) is 2.95. The quantitative estimate of drug-likeness (QED) is 0.861. The number of morpholine rings is 1. The first-order valence-corrected chi connectivity index (χ1v) is 9.03. The molecule has 2 heterocycles. The van der Waals surface area contributed by atoms with Gasteiger partial charge in [-0.05, 0) is 44.7 Å². The van der Waals surface area contributed by atoms with Gasteiger partial charge in [-0.3, -0.25) is 4.79 Å². The lowest BCUT2D eigenvalue weighted by Gasteiger charge is -2.43. The molecule has 1 unspecified atom stereocenters. The van der Waals surface area contributed by atoms with Crippen molar-refractivity contribution in [3.05, 3.63) is 41.2 Å². The number of rotatable bonds is 3. The summed E-state index contributed by atoms with van der Waals surface area (Å²) in [6, 6.07) is 8.24. The third kappa shape index (κ3) is 2.95. The number of aromatic nitrogens is 3. The van der Waals surface area contributed by atoms with Gasteiger partial charge in [0.05, 0.1) is 30.6 Å². The van der Waals surface area contributed by atoms with Crippen LogP contribution < -0.4 is 0 Å². The van der Waals surface area contributed by atoms with E-state index in [1.54, 1.807) is 4.68 Å². The summed E-state index contributed by atoms with van der Waals surface area (Å²) in [7, 11) is 0. The first-order valence-electron chi connectivity index (χ1n) is 9.03. The molecule has 0 bridgehead atoms. The number of hydrogen-bond acceptors (Lipinski definition) is 4. The average molecular weight is 340 g/mol. The SMILES string of the molecule is Cc1ccc(-n2nnc(C(=O)N3CCOCC3C3CCC3)c2C)cc1. The molecule has 4 rings (SSSR count). The summed E-state index contributed by atoms with van der Waals surface area (Å²) in [5, 5.41) is 8.43. The number of carbonyl (C=O) groups is 1. The van der Waals surface area contributed by atoms with Crippen LogP contribution in [0.5, 0.6) is 0 Å². The fraction of sp³-hybridized carbons (Fsp3) is 0.526. The highest BCUT2D eigenvalue weighted by atomic mass is 16.5. The molecule has 0 N–H and O–H groups in total. The summed E-state index contributed by atoms with van der Waals surface area (Å²) in [5.41, 5.74) is 3.35. The number of nitrogens with zero attached hydrogens (tertiary/aromatic N) is 4. The van der Waals surface area contributed by atoms with E-state index in [1.807, 2.05) is 43.0 Å². The van der Waals surface area contributed by atoms with E-state index in [2.05, 4.69) is 10.3 Å². The molecule has 1 aliphatic carbocycles. The molecular formula is C19H24N4O2. The molecule has 1 atom stereocenters. The lowest BCUT2D eigenvalue weighted by Crippen LogP contribution is -2.53. The van der Waals surface area contributed by atoms with Crippen molar-refractivity contribution >= 4 is 5.91 Å². The Bertz CT molecular complexity index is 764. The van der Waals surface area contributed by atoms with E-state index in [4.69, 9.17) is 4.74 Å². The number of ether oxygens (including phenoxy) is 1. The van der Waals surface area contributed by atoms with E-state index in [1.165, 1.54) is 24.8 Å². The highest BCUT2D eigenvalue weighted by molar-refractivity contribution is 5.93. The van der Waals surface area contributed by atoms with Gasteiger partial charge in [-0.25, -0.2) is 4.68 Å². The minimum absolute atomic E-state index is 0.0175. The Balaban J connectivity index is 1.60. The van der Waals surface area contributed by atoms with Crippen LogP contribution in [0, 0.1) is 19.8 Å². The van der Waals surface area contributed by atoms with Gasteiger partial charge in [0.15, 0.2) is 5.69 Å². The van der Waals surface area contributed by atoms with E-state index < -0.39 is 0 Å². The van der Waals surface area contributed by atoms with Crippen molar-refractivity contribution in [3.63, 3.8) is 0 Å². The molecular weight excluding hydrogens is 316 g/mol. The minimum atomic E-state index is -0.0175. The molecule has 1 aromatic heterocycles. The maximum absolute atomic E-state index is 13.1. The van der Waals surface area contributed by atoms with Crippen LogP contribution in [0.15, 0.2) is 24.3 Å². The molecule has 1 amide bonds. The van der Waals surface area contributed by atoms with Crippen LogP contribution in [-0.4, -0.2) is 51.6 Å². The largest absolute Gasteiger partial charge is 0.377 e. The van der Waals surface area contributed by atoms with Crippen molar-refractivity contribution in [2.75, 3.05) is 19.8 Å². The predicted octanol–water partition coefficient (Wildman–Crippen LogP) is 2.53. The highest BCUT2D eigenvalue weighted by Gasteiger charge is 2.38. The summed E-state index contributed by atoms with van der Waals surface area (Å²) >= 11 is 0. The van der Waals surface area contributed by atoms with Crippen molar-refractivity contribution in [1.29, 1.82) is 0 Å². The van der Waals surface area contributed by atoms with Crippen LogP contribution in [0.25, 0.3) is 5.69 Å². The van der Waals surface area contributed by atoms with Gasteiger partial charge >= 0.3 is 0 Å². The molecule has 132 valence electrons. The molecule has 2 fully saturated rings. The van der Waals surface area contributed by atoms with E-state index in [0.717, 1.165) is 11.4 Å². The van der Waals surface area contributed by atoms with E-state index in [-0.39, 0.29) is 11.9 Å². The van der Waals surface area contributed by atoms with Gasteiger partial charge in [0.2, 0.25) is 0 Å². The Morgan fingerprint density at radius 1 is 1.20 bits per heavy atom. The van der Waals surface area contributed by atoms with Crippen LogP contribution in [0.1, 0.15) is 41.0 Å². The van der Waals surface area contributed by atoms with Crippen molar-refractivity contribution < 1.29 is 9.53 Å². The molecule has 25 heavy (non-hydrogen) atoms. The summed E-state index contributed by atoms with van der Waals surface area (Å²) in [5.74, 6) is 0.549. The molecule has 1 aliphatic heterocycles. The van der Waals surface area contributed by atoms with Gasteiger partial charge in [0.25, 0.3) is 5.91 Å². The Morgan fingerprint density at radius 3 is 2.64 bits per heavy atom. The highest BCUT2D eigenvalue weighted by Crippen LogP contribution is 2.34. The summed E-state index contributed by atoms with van der Waals surface area (Å²) in [6.07, 6.45) is 3.63. The smallest absolute Gasteiger partial charge is 0.276 e. The molecule has 1 saturated heterocycles. The number of benzene rings is 1. The predicted molar refractivity (Wildman–Crippen MR) is 93.8 cm³/mol. The van der Waals surface area contributed by atoms with E-state index in [0.29, 0.717) is 31.4 Å². The monoisotopic (exact) mass is 340 g/mol. The maximum atomic E-state index is 13.1. The lowest BCUT2D eigenvalue weighted by molar-refractivity contribution is -0.0333. The fourth-order valence-electron chi connectivity index (χ4n) is 3.68. The zero-order valence-electron chi connectivity index (χ0n) is 14.8. The molecule has 1 aromatic carbocycles. The Morgan fingerprint density at radius 2 is 1.96 bits per heavy atom. The van der Waals surface area contributed by atoms with Crippen molar-refractivity contribution in [3.8, 4) is 5.69 Å². The fourth-order valence-corrected chi connectivity index (χ4v) is 3.68. The molecule has 2 aromatic rings. The van der Waals surface area contributed by atoms with Gasteiger partial charge in [-0.1, -0.05) is 29.3 Å². The van der Waals surface area contributed by atoms with Gasteiger partial charge in [-0.2, -0.15) is 0 Å². The van der Waals surface area contributed by atoms with Gasteiger partial charge < -0.3 is 9.64 Å². The number of hydrogen-bond donors (Lipinski definition) is 0. The van der Waals surface area contributed by atoms with Crippen LogP contribution in [-0.2, 0) is 4.74 Å². The number of amides is 1.